The minimum Gasteiger partial charge on any atom is -0.326 e. The maximum Gasteiger partial charge on any atom is 0.156 e. The van der Waals surface area contributed by atoms with E-state index in [1.807, 2.05) is 30.5 Å². The van der Waals surface area contributed by atoms with Crippen molar-refractivity contribution in [1.29, 1.82) is 0 Å². The summed E-state index contributed by atoms with van der Waals surface area (Å²) >= 11 is 3.24. The molecule has 0 unspecified atom stereocenters. The van der Waals surface area contributed by atoms with Crippen LogP contribution in [0.5, 0.6) is 0 Å². The van der Waals surface area contributed by atoms with Gasteiger partial charge in [-0.3, -0.25) is 0 Å². The summed E-state index contributed by atoms with van der Waals surface area (Å²) in [5.74, 6) is 0. The van der Waals surface area contributed by atoms with Gasteiger partial charge in [-0.2, -0.15) is 0 Å². The predicted octanol–water partition coefficient (Wildman–Crippen LogP) is 3.61. The zero-order valence-electron chi connectivity index (χ0n) is 10.5. The van der Waals surface area contributed by atoms with Gasteiger partial charge in [-0.25, -0.2) is 9.97 Å². The molecule has 19 heavy (non-hydrogen) atoms. The van der Waals surface area contributed by atoms with Gasteiger partial charge >= 0.3 is 0 Å². The van der Waals surface area contributed by atoms with Crippen molar-refractivity contribution in [2.45, 2.75) is 22.8 Å². The number of benzene rings is 1. The number of aromatic nitrogens is 2. The van der Waals surface area contributed by atoms with Crippen molar-refractivity contribution in [2.75, 3.05) is 0 Å². The molecule has 5 heteroatoms. The second kappa shape index (κ2) is 5.28. The van der Waals surface area contributed by atoms with Gasteiger partial charge < -0.3 is 5.73 Å². The number of rotatable bonds is 3. The Morgan fingerprint density at radius 3 is 2.84 bits per heavy atom. The third-order valence-corrected chi connectivity index (χ3v) is 4.76. The van der Waals surface area contributed by atoms with Crippen molar-refractivity contribution >= 4 is 34.0 Å². The summed E-state index contributed by atoms with van der Waals surface area (Å²) in [6.45, 7) is 2.52. The summed E-state index contributed by atoms with van der Waals surface area (Å²) in [5.41, 5.74) is 8.99. The Morgan fingerprint density at radius 1 is 1.26 bits per heavy atom. The van der Waals surface area contributed by atoms with Gasteiger partial charge in [0.2, 0.25) is 0 Å². The van der Waals surface area contributed by atoms with Crippen LogP contribution in [0.3, 0.4) is 0 Å². The molecule has 0 radical (unpaired) electrons. The normalized spacial score (nSPS) is 11.1. The molecule has 3 aromatic rings. The highest BCUT2D eigenvalue weighted by molar-refractivity contribution is 8.01. The standard InChI is InChI=1S/C14H13N3S2/c1-9-8-18-14(16-9)19-13-6-10(7-15)11-4-2-3-5-12(11)17-13/h2-6,8H,7,15H2,1H3. The molecule has 0 aliphatic heterocycles. The maximum absolute atomic E-state index is 5.83. The largest absolute Gasteiger partial charge is 0.326 e. The molecule has 0 amide bonds. The van der Waals surface area contributed by atoms with Crippen molar-refractivity contribution in [1.82, 2.24) is 9.97 Å². The first-order valence-electron chi connectivity index (χ1n) is 5.95. The highest BCUT2D eigenvalue weighted by Gasteiger charge is 2.07. The highest BCUT2D eigenvalue weighted by atomic mass is 32.2. The van der Waals surface area contributed by atoms with E-state index in [2.05, 4.69) is 22.1 Å². The van der Waals surface area contributed by atoms with Crippen LogP contribution in [0.1, 0.15) is 11.3 Å². The lowest BCUT2D eigenvalue weighted by Gasteiger charge is -2.06. The summed E-state index contributed by atoms with van der Waals surface area (Å²) < 4.78 is 1.02. The van der Waals surface area contributed by atoms with Crippen molar-refractivity contribution in [3.63, 3.8) is 0 Å². The summed E-state index contributed by atoms with van der Waals surface area (Å²) in [5, 5.41) is 4.13. The quantitative estimate of drug-likeness (QED) is 0.799. The SMILES string of the molecule is Cc1csc(Sc2cc(CN)c3ccccc3n2)n1. The van der Waals surface area contributed by atoms with E-state index in [1.54, 1.807) is 23.1 Å². The number of aryl methyl sites for hydroxylation is 1. The van der Waals surface area contributed by atoms with Crippen LogP contribution in [0.4, 0.5) is 0 Å². The average molecular weight is 287 g/mol. The van der Waals surface area contributed by atoms with Gasteiger partial charge in [0, 0.05) is 23.0 Å². The molecule has 0 spiro atoms. The zero-order chi connectivity index (χ0) is 13.2. The van der Waals surface area contributed by atoms with Crippen molar-refractivity contribution < 1.29 is 0 Å². The van der Waals surface area contributed by atoms with Crippen LogP contribution in [0.2, 0.25) is 0 Å². The third kappa shape index (κ3) is 2.63. The van der Waals surface area contributed by atoms with Gasteiger partial charge in [-0.05, 0) is 36.4 Å². The van der Waals surface area contributed by atoms with Crippen LogP contribution in [-0.2, 0) is 6.54 Å². The fraction of sp³-hybridized carbons (Fsp3) is 0.143. The third-order valence-electron chi connectivity index (χ3n) is 2.79. The smallest absolute Gasteiger partial charge is 0.156 e. The van der Waals surface area contributed by atoms with E-state index in [0.29, 0.717) is 6.54 Å². The molecule has 2 heterocycles. The molecule has 0 aliphatic rings. The van der Waals surface area contributed by atoms with Crippen LogP contribution in [-0.4, -0.2) is 9.97 Å². The molecule has 1 aromatic carbocycles. The van der Waals surface area contributed by atoms with Crippen LogP contribution in [0, 0.1) is 6.92 Å². The summed E-state index contributed by atoms with van der Waals surface area (Å²) in [6, 6.07) is 10.2. The Bertz CT molecular complexity index is 722. The van der Waals surface area contributed by atoms with E-state index in [1.165, 1.54) is 0 Å². The molecule has 0 aliphatic carbocycles. The molecule has 0 saturated carbocycles. The molecule has 96 valence electrons. The molecular formula is C14H13N3S2. The van der Waals surface area contributed by atoms with Crippen LogP contribution < -0.4 is 5.73 Å². The molecular weight excluding hydrogens is 274 g/mol. The molecule has 0 saturated heterocycles. The van der Waals surface area contributed by atoms with Gasteiger partial charge in [0.1, 0.15) is 5.03 Å². The van der Waals surface area contributed by atoms with Gasteiger partial charge in [0.05, 0.1) is 5.52 Å². The Kier molecular flexibility index (Phi) is 3.50. The lowest BCUT2D eigenvalue weighted by Crippen LogP contribution is -1.99. The molecule has 3 nitrogen and oxygen atoms in total. The molecule has 0 fully saturated rings. The molecule has 2 aromatic heterocycles. The van der Waals surface area contributed by atoms with E-state index in [9.17, 15) is 0 Å². The van der Waals surface area contributed by atoms with E-state index < -0.39 is 0 Å². The monoisotopic (exact) mass is 287 g/mol. The number of nitrogens with zero attached hydrogens (tertiary/aromatic N) is 2. The Labute approximate surface area is 119 Å². The number of fused-ring (bicyclic) bond motifs is 1. The fourth-order valence-corrected chi connectivity index (χ4v) is 3.74. The van der Waals surface area contributed by atoms with Gasteiger partial charge in [-0.1, -0.05) is 18.2 Å². The van der Waals surface area contributed by atoms with Gasteiger partial charge in [0.15, 0.2) is 4.34 Å². The number of nitrogens with two attached hydrogens (primary N) is 1. The first-order valence-corrected chi connectivity index (χ1v) is 7.64. The Morgan fingerprint density at radius 2 is 2.11 bits per heavy atom. The predicted molar refractivity (Wildman–Crippen MR) is 80.6 cm³/mol. The minimum absolute atomic E-state index is 0.521. The number of para-hydroxylation sites is 1. The molecule has 0 atom stereocenters. The van der Waals surface area contributed by atoms with Crippen molar-refractivity contribution in [2.24, 2.45) is 5.73 Å². The first-order chi connectivity index (χ1) is 9.26. The fourth-order valence-electron chi connectivity index (χ4n) is 1.91. The number of hydrogen-bond donors (Lipinski definition) is 1. The lowest BCUT2D eigenvalue weighted by atomic mass is 10.1. The van der Waals surface area contributed by atoms with Gasteiger partial charge in [0.25, 0.3) is 0 Å². The number of hydrogen-bond acceptors (Lipinski definition) is 5. The number of pyridine rings is 1. The lowest BCUT2D eigenvalue weighted by molar-refractivity contribution is 1.05. The van der Waals surface area contributed by atoms with Crippen molar-refractivity contribution in [3.05, 3.63) is 47.0 Å². The summed E-state index contributed by atoms with van der Waals surface area (Å²) in [7, 11) is 0. The number of thiazole rings is 1. The second-order valence-corrected chi connectivity index (χ2v) is 6.32. The molecule has 0 bridgehead atoms. The van der Waals surface area contributed by atoms with E-state index in [4.69, 9.17) is 5.73 Å². The van der Waals surface area contributed by atoms with Crippen LogP contribution >= 0.6 is 23.1 Å². The Balaban J connectivity index is 2.04. The molecule has 2 N–H and O–H groups in total. The van der Waals surface area contributed by atoms with E-state index in [-0.39, 0.29) is 0 Å². The zero-order valence-corrected chi connectivity index (χ0v) is 12.1. The highest BCUT2D eigenvalue weighted by Crippen LogP contribution is 2.31. The topological polar surface area (TPSA) is 51.8 Å². The average Bonchev–Trinajstić information content (AvgIpc) is 2.83. The maximum atomic E-state index is 5.83. The van der Waals surface area contributed by atoms with Crippen molar-refractivity contribution in [3.8, 4) is 0 Å². The van der Waals surface area contributed by atoms with E-state index >= 15 is 0 Å². The second-order valence-electron chi connectivity index (χ2n) is 4.20. The van der Waals surface area contributed by atoms with Crippen LogP contribution in [0.25, 0.3) is 10.9 Å². The van der Waals surface area contributed by atoms with E-state index in [0.717, 1.165) is 31.5 Å². The van der Waals surface area contributed by atoms with Crippen LogP contribution in [0.15, 0.2) is 45.1 Å². The molecule has 3 rings (SSSR count). The van der Waals surface area contributed by atoms with Gasteiger partial charge in [-0.15, -0.1) is 11.3 Å². The first kappa shape index (κ1) is 12.6. The minimum atomic E-state index is 0.521. The summed E-state index contributed by atoms with van der Waals surface area (Å²) in [6.07, 6.45) is 0. The Hall–Kier alpha value is -1.43. The summed E-state index contributed by atoms with van der Waals surface area (Å²) in [4.78, 5) is 9.11.